The highest BCUT2D eigenvalue weighted by molar-refractivity contribution is 6.60. The molecule has 0 aromatic heterocycles. The van der Waals surface area contributed by atoms with Crippen LogP contribution in [0.3, 0.4) is 0 Å². The van der Waals surface area contributed by atoms with Gasteiger partial charge < -0.3 is 22.9 Å². The second kappa shape index (κ2) is 7.71. The third-order valence-electron chi connectivity index (χ3n) is 3.95. The molecule has 112 valence electrons. The molecule has 0 aliphatic carbocycles. The second-order valence-corrected chi connectivity index (χ2v) is 8.29. The molecule has 0 bridgehead atoms. The van der Waals surface area contributed by atoms with Gasteiger partial charge in [0.05, 0.1) is 12.7 Å². The van der Waals surface area contributed by atoms with Gasteiger partial charge in [0.1, 0.15) is 0 Å². The Morgan fingerprint density at radius 3 is 2.53 bits per heavy atom. The predicted octanol–water partition coefficient (Wildman–Crippen LogP) is 1.51. The van der Waals surface area contributed by atoms with Crippen LogP contribution in [0.5, 0.6) is 0 Å². The highest BCUT2D eigenvalue weighted by Gasteiger charge is 2.42. The van der Waals surface area contributed by atoms with E-state index in [0.29, 0.717) is 6.61 Å². The summed E-state index contributed by atoms with van der Waals surface area (Å²) in [5.41, 5.74) is 0. The molecule has 19 heavy (non-hydrogen) atoms. The standard InChI is InChI=1S/C13H27NO4Si/c1-15-19(16-2)10-6-9-17-12-13(18-19)11-14-7-4-3-5-8-14/h13H,3-12H2,1-2H3. The molecule has 5 nitrogen and oxygen atoms in total. The lowest BCUT2D eigenvalue weighted by molar-refractivity contribution is -0.0291. The number of likely N-dealkylation sites (tertiary alicyclic amines) is 1. The molecule has 0 amide bonds. The van der Waals surface area contributed by atoms with Gasteiger partial charge in [0.25, 0.3) is 0 Å². The zero-order valence-corrected chi connectivity index (χ0v) is 13.2. The number of hydrogen-bond acceptors (Lipinski definition) is 5. The molecule has 0 N–H and O–H groups in total. The maximum Gasteiger partial charge on any atom is 0.500 e. The molecule has 0 aromatic carbocycles. The fraction of sp³-hybridized carbons (Fsp3) is 1.00. The molecule has 1 atom stereocenters. The number of rotatable bonds is 4. The van der Waals surface area contributed by atoms with Crippen LogP contribution in [0.1, 0.15) is 25.7 Å². The number of ether oxygens (including phenoxy) is 1. The van der Waals surface area contributed by atoms with Crippen molar-refractivity contribution in [3.8, 4) is 0 Å². The van der Waals surface area contributed by atoms with E-state index in [9.17, 15) is 0 Å². The van der Waals surface area contributed by atoms with E-state index in [0.717, 1.165) is 25.6 Å². The van der Waals surface area contributed by atoms with E-state index < -0.39 is 8.80 Å². The normalized spacial score (nSPS) is 29.7. The summed E-state index contributed by atoms with van der Waals surface area (Å²) in [6.07, 6.45) is 4.97. The van der Waals surface area contributed by atoms with Crippen LogP contribution >= 0.6 is 0 Å². The summed E-state index contributed by atoms with van der Waals surface area (Å²) in [5.74, 6) is 0. The number of nitrogens with zero attached hydrogens (tertiary/aromatic N) is 1. The largest absolute Gasteiger partial charge is 0.500 e. The van der Waals surface area contributed by atoms with Crippen molar-refractivity contribution < 1.29 is 18.0 Å². The first-order chi connectivity index (χ1) is 9.28. The molecule has 2 aliphatic heterocycles. The first-order valence-corrected chi connectivity index (χ1v) is 9.29. The first-order valence-electron chi connectivity index (χ1n) is 7.36. The summed E-state index contributed by atoms with van der Waals surface area (Å²) in [5, 5.41) is 0. The van der Waals surface area contributed by atoms with Gasteiger partial charge in [-0.15, -0.1) is 0 Å². The third kappa shape index (κ3) is 4.51. The maximum atomic E-state index is 6.21. The van der Waals surface area contributed by atoms with Crippen molar-refractivity contribution in [1.29, 1.82) is 0 Å². The van der Waals surface area contributed by atoms with Crippen molar-refractivity contribution in [1.82, 2.24) is 4.90 Å². The van der Waals surface area contributed by atoms with Gasteiger partial charge >= 0.3 is 8.80 Å². The van der Waals surface area contributed by atoms with Crippen molar-refractivity contribution in [2.75, 3.05) is 47.1 Å². The van der Waals surface area contributed by atoms with Crippen LogP contribution in [-0.2, 0) is 18.0 Å². The van der Waals surface area contributed by atoms with Crippen LogP contribution in [0.25, 0.3) is 0 Å². The fourth-order valence-corrected chi connectivity index (χ4v) is 4.97. The van der Waals surface area contributed by atoms with E-state index in [1.165, 1.54) is 32.4 Å². The Labute approximate surface area is 117 Å². The topological polar surface area (TPSA) is 40.2 Å². The van der Waals surface area contributed by atoms with E-state index in [1.54, 1.807) is 14.2 Å². The summed E-state index contributed by atoms with van der Waals surface area (Å²) >= 11 is 0. The summed E-state index contributed by atoms with van der Waals surface area (Å²) in [7, 11) is 0.942. The van der Waals surface area contributed by atoms with Crippen molar-refractivity contribution in [3.05, 3.63) is 0 Å². The maximum absolute atomic E-state index is 6.21. The molecule has 2 heterocycles. The van der Waals surface area contributed by atoms with Crippen LogP contribution in [0.2, 0.25) is 6.04 Å². The van der Waals surface area contributed by atoms with Gasteiger partial charge in [0.15, 0.2) is 0 Å². The van der Waals surface area contributed by atoms with Gasteiger partial charge in [0, 0.05) is 33.4 Å². The van der Waals surface area contributed by atoms with E-state index in [4.69, 9.17) is 18.0 Å². The van der Waals surface area contributed by atoms with Crippen LogP contribution in [-0.4, -0.2) is 66.9 Å². The number of piperidine rings is 1. The lowest BCUT2D eigenvalue weighted by atomic mass is 10.1. The summed E-state index contributed by atoms with van der Waals surface area (Å²) < 4.78 is 23.1. The predicted molar refractivity (Wildman–Crippen MR) is 75.2 cm³/mol. The highest BCUT2D eigenvalue weighted by atomic mass is 28.4. The molecule has 2 fully saturated rings. The Kier molecular flexibility index (Phi) is 6.25. The van der Waals surface area contributed by atoms with Crippen molar-refractivity contribution in [3.63, 3.8) is 0 Å². The molecular formula is C13H27NO4Si. The second-order valence-electron chi connectivity index (χ2n) is 5.37. The molecule has 0 aromatic rings. The monoisotopic (exact) mass is 289 g/mol. The Morgan fingerprint density at radius 1 is 1.11 bits per heavy atom. The van der Waals surface area contributed by atoms with E-state index in [2.05, 4.69) is 4.90 Å². The van der Waals surface area contributed by atoms with E-state index in [-0.39, 0.29) is 6.10 Å². The van der Waals surface area contributed by atoms with Crippen molar-refractivity contribution in [2.45, 2.75) is 37.8 Å². The SMILES string of the molecule is CO[Si]1(OC)CCCOCC(CN2CCCCC2)O1. The van der Waals surface area contributed by atoms with Gasteiger partial charge in [-0.2, -0.15) is 0 Å². The Balaban J connectivity index is 1.92. The molecule has 0 saturated carbocycles. The minimum atomic E-state index is -2.47. The van der Waals surface area contributed by atoms with Gasteiger partial charge in [-0.1, -0.05) is 6.42 Å². The lowest BCUT2D eigenvalue weighted by Crippen LogP contribution is -2.52. The zero-order valence-electron chi connectivity index (χ0n) is 12.2. The third-order valence-corrected chi connectivity index (χ3v) is 6.86. The minimum absolute atomic E-state index is 0.0740. The first kappa shape index (κ1) is 15.4. The van der Waals surface area contributed by atoms with Crippen LogP contribution in [0.4, 0.5) is 0 Å². The Hall–Kier alpha value is 0.0169. The van der Waals surface area contributed by atoms with Crippen LogP contribution < -0.4 is 0 Å². The average molecular weight is 289 g/mol. The molecule has 2 aliphatic rings. The molecule has 6 heteroatoms. The molecular weight excluding hydrogens is 262 g/mol. The lowest BCUT2D eigenvalue weighted by Gasteiger charge is -2.36. The van der Waals surface area contributed by atoms with Gasteiger partial charge in [-0.25, -0.2) is 0 Å². The smallest absolute Gasteiger partial charge is 0.379 e. The van der Waals surface area contributed by atoms with Crippen LogP contribution in [0, 0.1) is 0 Å². The van der Waals surface area contributed by atoms with E-state index >= 15 is 0 Å². The Morgan fingerprint density at radius 2 is 1.84 bits per heavy atom. The molecule has 0 spiro atoms. The minimum Gasteiger partial charge on any atom is -0.379 e. The quantitative estimate of drug-likeness (QED) is 0.734. The van der Waals surface area contributed by atoms with Gasteiger partial charge in [-0.05, 0) is 32.4 Å². The molecule has 0 radical (unpaired) electrons. The molecule has 2 saturated heterocycles. The summed E-state index contributed by atoms with van der Waals surface area (Å²) in [6.45, 7) is 4.71. The van der Waals surface area contributed by atoms with Crippen molar-refractivity contribution in [2.24, 2.45) is 0 Å². The molecule has 1 unspecified atom stereocenters. The van der Waals surface area contributed by atoms with Gasteiger partial charge in [-0.3, -0.25) is 0 Å². The molecule has 2 rings (SSSR count). The Bertz CT molecular complexity index is 257. The van der Waals surface area contributed by atoms with Crippen LogP contribution in [0.15, 0.2) is 0 Å². The van der Waals surface area contributed by atoms with E-state index in [1.807, 2.05) is 0 Å². The average Bonchev–Trinajstić information content (AvgIpc) is 2.43. The fourth-order valence-electron chi connectivity index (χ4n) is 2.86. The summed E-state index contributed by atoms with van der Waals surface area (Å²) in [6, 6.07) is 0.844. The van der Waals surface area contributed by atoms with Gasteiger partial charge in [0.2, 0.25) is 0 Å². The number of hydrogen-bond donors (Lipinski definition) is 0. The summed E-state index contributed by atoms with van der Waals surface area (Å²) in [4.78, 5) is 2.48. The zero-order chi connectivity index (χ0) is 13.6. The van der Waals surface area contributed by atoms with Crippen molar-refractivity contribution >= 4 is 8.80 Å². The highest BCUT2D eigenvalue weighted by Crippen LogP contribution is 2.22.